The molecule has 1 amide bonds. The van der Waals surface area contributed by atoms with Gasteiger partial charge in [-0.2, -0.15) is 0 Å². The molecule has 1 fully saturated rings. The number of fused-ring (bicyclic) bond motifs is 1. The normalized spacial score (nSPS) is 17.7. The Morgan fingerprint density at radius 1 is 1.23 bits per heavy atom. The first kappa shape index (κ1) is 16.9. The van der Waals surface area contributed by atoms with Crippen LogP contribution in [0.1, 0.15) is 24.0 Å². The van der Waals surface area contributed by atoms with Crippen LogP contribution in [-0.2, 0) is 17.8 Å². The van der Waals surface area contributed by atoms with Crippen molar-refractivity contribution in [1.29, 1.82) is 0 Å². The first-order chi connectivity index (χ1) is 12.6. The average molecular weight is 355 g/mol. The minimum absolute atomic E-state index is 0.168. The van der Waals surface area contributed by atoms with E-state index in [1.54, 1.807) is 19.2 Å². The van der Waals surface area contributed by atoms with Crippen LogP contribution in [0.5, 0.6) is 11.5 Å². The summed E-state index contributed by atoms with van der Waals surface area (Å²) in [5.41, 5.74) is 1.62. The van der Waals surface area contributed by atoms with E-state index in [1.807, 2.05) is 23.1 Å². The first-order valence-corrected chi connectivity index (χ1v) is 8.94. The second-order valence-corrected chi connectivity index (χ2v) is 7.11. The number of benzene rings is 2. The Kier molecular flexibility index (Phi) is 4.31. The Balaban J connectivity index is 1.53. The van der Waals surface area contributed by atoms with Gasteiger partial charge in [0.15, 0.2) is 11.5 Å². The zero-order valence-corrected chi connectivity index (χ0v) is 14.8. The lowest BCUT2D eigenvalue weighted by atomic mass is 9.94. The second kappa shape index (κ2) is 6.63. The SMILES string of the molecule is COc1cccc2c1OCCN(C(=O)C1(Cc3ccc(F)cc3)CC1)C2. The van der Waals surface area contributed by atoms with Crippen molar-refractivity contribution in [3.05, 3.63) is 59.4 Å². The number of rotatable bonds is 4. The summed E-state index contributed by atoms with van der Waals surface area (Å²) in [6.45, 7) is 1.53. The molecule has 26 heavy (non-hydrogen) atoms. The topological polar surface area (TPSA) is 38.8 Å². The zero-order chi connectivity index (χ0) is 18.1. The fraction of sp³-hybridized carbons (Fsp3) is 0.381. The van der Waals surface area contributed by atoms with Gasteiger partial charge in [0.05, 0.1) is 19.1 Å². The van der Waals surface area contributed by atoms with E-state index in [2.05, 4.69) is 0 Å². The molecule has 0 unspecified atom stereocenters. The Hall–Kier alpha value is -2.56. The number of hydrogen-bond donors (Lipinski definition) is 0. The summed E-state index contributed by atoms with van der Waals surface area (Å²) in [6.07, 6.45) is 2.42. The highest BCUT2D eigenvalue weighted by atomic mass is 19.1. The molecule has 1 saturated carbocycles. The van der Waals surface area contributed by atoms with Gasteiger partial charge in [0.2, 0.25) is 5.91 Å². The number of methoxy groups -OCH3 is 1. The van der Waals surface area contributed by atoms with Crippen LogP contribution in [-0.4, -0.2) is 31.1 Å². The van der Waals surface area contributed by atoms with Crippen LogP contribution in [0.3, 0.4) is 0 Å². The van der Waals surface area contributed by atoms with Crippen LogP contribution >= 0.6 is 0 Å². The van der Waals surface area contributed by atoms with Crippen molar-refractivity contribution in [3.63, 3.8) is 0 Å². The summed E-state index contributed by atoms with van der Waals surface area (Å²) in [5, 5.41) is 0. The van der Waals surface area contributed by atoms with E-state index in [-0.39, 0.29) is 17.1 Å². The predicted molar refractivity (Wildman–Crippen MR) is 95.7 cm³/mol. The molecular weight excluding hydrogens is 333 g/mol. The van der Waals surface area contributed by atoms with Gasteiger partial charge in [0, 0.05) is 12.1 Å². The lowest BCUT2D eigenvalue weighted by molar-refractivity contribution is -0.137. The second-order valence-electron chi connectivity index (χ2n) is 7.11. The van der Waals surface area contributed by atoms with Crippen molar-refractivity contribution in [2.75, 3.05) is 20.3 Å². The Morgan fingerprint density at radius 3 is 2.69 bits per heavy atom. The predicted octanol–water partition coefficient (Wildman–Crippen LogP) is 3.58. The molecule has 2 aromatic rings. The number of halogens is 1. The van der Waals surface area contributed by atoms with Crippen molar-refractivity contribution in [2.45, 2.75) is 25.8 Å². The smallest absolute Gasteiger partial charge is 0.229 e. The van der Waals surface area contributed by atoms with E-state index in [9.17, 15) is 9.18 Å². The fourth-order valence-corrected chi connectivity index (χ4v) is 3.67. The van der Waals surface area contributed by atoms with Crippen LogP contribution < -0.4 is 9.47 Å². The van der Waals surface area contributed by atoms with Crippen molar-refractivity contribution in [2.24, 2.45) is 5.41 Å². The van der Waals surface area contributed by atoms with Crippen molar-refractivity contribution in [3.8, 4) is 11.5 Å². The van der Waals surface area contributed by atoms with Gasteiger partial charge in [-0.1, -0.05) is 24.3 Å². The van der Waals surface area contributed by atoms with Gasteiger partial charge in [-0.25, -0.2) is 4.39 Å². The molecular formula is C21H22FNO3. The summed E-state index contributed by atoms with van der Waals surface area (Å²) in [4.78, 5) is 15.1. The van der Waals surface area contributed by atoms with E-state index in [0.29, 0.717) is 31.9 Å². The number of nitrogens with zero attached hydrogens (tertiary/aromatic N) is 1. The summed E-state index contributed by atoms with van der Waals surface area (Å²) < 4.78 is 24.4. The van der Waals surface area contributed by atoms with Crippen molar-refractivity contribution in [1.82, 2.24) is 4.90 Å². The van der Waals surface area contributed by atoms with E-state index in [0.717, 1.165) is 29.7 Å². The van der Waals surface area contributed by atoms with E-state index < -0.39 is 0 Å². The Labute approximate surface area is 152 Å². The molecule has 0 N–H and O–H groups in total. The monoisotopic (exact) mass is 355 g/mol. The molecule has 2 aliphatic rings. The molecule has 4 rings (SSSR count). The van der Waals surface area contributed by atoms with Gasteiger partial charge in [-0.15, -0.1) is 0 Å². The maximum atomic E-state index is 13.2. The average Bonchev–Trinajstić information content (AvgIpc) is 3.46. The van der Waals surface area contributed by atoms with Crippen LogP contribution in [0.25, 0.3) is 0 Å². The third-order valence-corrected chi connectivity index (χ3v) is 5.30. The number of ether oxygens (including phenoxy) is 2. The molecule has 1 aliphatic carbocycles. The highest BCUT2D eigenvalue weighted by Gasteiger charge is 2.51. The number of amides is 1. The van der Waals surface area contributed by atoms with Gasteiger partial charge in [-0.3, -0.25) is 4.79 Å². The summed E-state index contributed by atoms with van der Waals surface area (Å²) in [5.74, 6) is 1.35. The number of carbonyl (C=O) groups excluding carboxylic acids is 1. The van der Waals surface area contributed by atoms with Crippen molar-refractivity contribution >= 4 is 5.91 Å². The number of carbonyl (C=O) groups is 1. The summed E-state index contributed by atoms with van der Waals surface area (Å²) in [6, 6.07) is 12.2. The van der Waals surface area contributed by atoms with Crippen LogP contribution in [0.2, 0.25) is 0 Å². The van der Waals surface area contributed by atoms with Gasteiger partial charge in [-0.05, 0) is 43.0 Å². The maximum absolute atomic E-state index is 13.2. The molecule has 5 heteroatoms. The number of hydrogen-bond acceptors (Lipinski definition) is 3. The quantitative estimate of drug-likeness (QED) is 0.841. The molecule has 1 heterocycles. The minimum atomic E-state index is -0.346. The lowest BCUT2D eigenvalue weighted by Gasteiger charge is -2.26. The molecule has 0 atom stereocenters. The van der Waals surface area contributed by atoms with Crippen LogP contribution in [0.15, 0.2) is 42.5 Å². The minimum Gasteiger partial charge on any atom is -0.493 e. The molecule has 1 aliphatic heterocycles. The van der Waals surface area contributed by atoms with Gasteiger partial charge in [0.25, 0.3) is 0 Å². The van der Waals surface area contributed by atoms with E-state index >= 15 is 0 Å². The number of para-hydroxylation sites is 1. The largest absolute Gasteiger partial charge is 0.493 e. The third kappa shape index (κ3) is 3.14. The van der Waals surface area contributed by atoms with Gasteiger partial charge in [0.1, 0.15) is 12.4 Å². The van der Waals surface area contributed by atoms with Crippen LogP contribution in [0, 0.1) is 11.2 Å². The van der Waals surface area contributed by atoms with E-state index in [4.69, 9.17) is 9.47 Å². The van der Waals surface area contributed by atoms with Gasteiger partial charge >= 0.3 is 0 Å². The first-order valence-electron chi connectivity index (χ1n) is 8.94. The zero-order valence-electron chi connectivity index (χ0n) is 14.8. The molecule has 0 radical (unpaired) electrons. The molecule has 0 aromatic heterocycles. The van der Waals surface area contributed by atoms with Crippen LogP contribution in [0.4, 0.5) is 4.39 Å². The van der Waals surface area contributed by atoms with Gasteiger partial charge < -0.3 is 14.4 Å². The maximum Gasteiger partial charge on any atom is 0.229 e. The molecule has 0 bridgehead atoms. The van der Waals surface area contributed by atoms with Crippen molar-refractivity contribution < 1.29 is 18.7 Å². The molecule has 0 spiro atoms. The van der Waals surface area contributed by atoms with E-state index in [1.165, 1.54) is 12.1 Å². The Bertz CT molecular complexity index is 815. The standard InChI is InChI=1S/C21H22FNO3/c1-25-18-4-2-3-16-14-23(11-12-26-19(16)18)20(24)21(9-10-21)13-15-5-7-17(22)8-6-15/h2-8H,9-14H2,1H3. The molecule has 0 saturated heterocycles. The Morgan fingerprint density at radius 2 is 2.00 bits per heavy atom. The fourth-order valence-electron chi connectivity index (χ4n) is 3.67. The lowest BCUT2D eigenvalue weighted by Crippen LogP contribution is -2.39. The molecule has 2 aromatic carbocycles. The highest BCUT2D eigenvalue weighted by Crippen LogP contribution is 2.50. The summed E-state index contributed by atoms with van der Waals surface area (Å²) in [7, 11) is 1.62. The highest BCUT2D eigenvalue weighted by molar-refractivity contribution is 5.86. The summed E-state index contributed by atoms with van der Waals surface area (Å²) >= 11 is 0. The molecule has 136 valence electrons. The third-order valence-electron chi connectivity index (χ3n) is 5.30. The molecule has 4 nitrogen and oxygen atoms in total.